The minimum absolute atomic E-state index is 0.155. The maximum Gasteiger partial charge on any atom is 0.0693 e. The molecule has 0 heterocycles. The summed E-state index contributed by atoms with van der Waals surface area (Å²) in [4.78, 5) is 0. The Labute approximate surface area is 104 Å². The Hall–Kier alpha value is -0.860. The van der Waals surface area contributed by atoms with E-state index in [0.29, 0.717) is 0 Å². The van der Waals surface area contributed by atoms with Gasteiger partial charge in [-0.25, -0.2) is 0 Å². The molecule has 0 unspecified atom stereocenters. The van der Waals surface area contributed by atoms with Gasteiger partial charge in [0.2, 0.25) is 0 Å². The van der Waals surface area contributed by atoms with E-state index in [2.05, 4.69) is 36.5 Å². The average molecular weight is 233 g/mol. The first kappa shape index (κ1) is 12.6. The van der Waals surface area contributed by atoms with E-state index in [1.807, 2.05) is 0 Å². The van der Waals surface area contributed by atoms with Gasteiger partial charge in [0.1, 0.15) is 0 Å². The van der Waals surface area contributed by atoms with Crippen LogP contribution in [0.2, 0.25) is 0 Å². The van der Waals surface area contributed by atoms with Crippen LogP contribution in [-0.4, -0.2) is 17.3 Å². The Morgan fingerprint density at radius 1 is 1.18 bits per heavy atom. The average Bonchev–Trinajstić information content (AvgIpc) is 2.38. The minimum atomic E-state index is -0.155. The lowest BCUT2D eigenvalue weighted by molar-refractivity contribution is 0.0902. The molecule has 2 N–H and O–H groups in total. The van der Waals surface area contributed by atoms with Gasteiger partial charge in [0.15, 0.2) is 0 Å². The van der Waals surface area contributed by atoms with Crippen molar-refractivity contribution in [1.82, 2.24) is 5.32 Å². The van der Waals surface area contributed by atoms with Crippen molar-refractivity contribution >= 4 is 0 Å². The molecule has 2 rings (SSSR count). The molecule has 0 spiro atoms. The summed E-state index contributed by atoms with van der Waals surface area (Å²) in [5.74, 6) is 0. The van der Waals surface area contributed by atoms with Gasteiger partial charge in [-0.15, -0.1) is 0 Å². The van der Waals surface area contributed by atoms with Crippen LogP contribution in [0.3, 0.4) is 0 Å². The van der Waals surface area contributed by atoms with Crippen LogP contribution < -0.4 is 5.32 Å². The summed E-state index contributed by atoms with van der Waals surface area (Å²) < 4.78 is 0. The number of nitrogens with one attached hydrogen (secondary N) is 1. The zero-order valence-electron chi connectivity index (χ0n) is 10.7. The number of aliphatic hydroxyl groups excluding tert-OH is 1. The molecule has 1 saturated carbocycles. The highest BCUT2D eigenvalue weighted by molar-refractivity contribution is 5.26. The lowest BCUT2D eigenvalue weighted by atomic mass is 9.92. The molecule has 0 saturated heterocycles. The van der Waals surface area contributed by atoms with Crippen LogP contribution in [0.4, 0.5) is 0 Å². The lowest BCUT2D eigenvalue weighted by Gasteiger charge is -2.28. The number of rotatable bonds is 4. The van der Waals surface area contributed by atoms with Crippen molar-refractivity contribution < 1.29 is 5.11 Å². The zero-order chi connectivity index (χ0) is 12.1. The van der Waals surface area contributed by atoms with Gasteiger partial charge in [-0.05, 0) is 30.4 Å². The molecule has 0 aromatic heterocycles. The third-order valence-corrected chi connectivity index (χ3v) is 3.78. The van der Waals surface area contributed by atoms with Crippen LogP contribution in [0.25, 0.3) is 0 Å². The standard InChI is InChI=1S/C15H23NO/c1-2-12-7-3-4-8-13(12)11-16-14-9-5-6-10-15(14)17/h3-4,7-8,14-17H,2,5-6,9-11H2,1H3/t14-,15-/m1/s1. The maximum absolute atomic E-state index is 9.91. The number of benzene rings is 1. The number of hydrogen-bond donors (Lipinski definition) is 2. The quantitative estimate of drug-likeness (QED) is 0.838. The SMILES string of the molecule is CCc1ccccc1CN[C@@H]1CCCC[C@H]1O. The van der Waals surface area contributed by atoms with Gasteiger partial charge < -0.3 is 10.4 Å². The second kappa shape index (κ2) is 6.18. The van der Waals surface area contributed by atoms with E-state index in [4.69, 9.17) is 0 Å². The highest BCUT2D eigenvalue weighted by Crippen LogP contribution is 2.19. The molecule has 1 aliphatic rings. The first-order valence-electron chi connectivity index (χ1n) is 6.79. The molecule has 0 bridgehead atoms. The maximum atomic E-state index is 9.91. The van der Waals surface area contributed by atoms with Gasteiger partial charge in [0, 0.05) is 12.6 Å². The fraction of sp³-hybridized carbons (Fsp3) is 0.600. The summed E-state index contributed by atoms with van der Waals surface area (Å²) >= 11 is 0. The summed E-state index contributed by atoms with van der Waals surface area (Å²) in [5, 5.41) is 13.4. The summed E-state index contributed by atoms with van der Waals surface area (Å²) in [5.41, 5.74) is 2.78. The lowest BCUT2D eigenvalue weighted by Crippen LogP contribution is -2.41. The molecule has 0 amide bonds. The summed E-state index contributed by atoms with van der Waals surface area (Å²) in [6.45, 7) is 3.07. The Morgan fingerprint density at radius 3 is 2.59 bits per heavy atom. The second-order valence-corrected chi connectivity index (χ2v) is 4.96. The van der Waals surface area contributed by atoms with E-state index >= 15 is 0 Å². The summed E-state index contributed by atoms with van der Waals surface area (Å²) in [6, 6.07) is 8.84. The predicted octanol–water partition coefficient (Wildman–Crippen LogP) is 2.64. The molecule has 2 heteroatoms. The van der Waals surface area contributed by atoms with Crippen molar-refractivity contribution in [1.29, 1.82) is 0 Å². The molecule has 1 aliphatic carbocycles. The number of hydrogen-bond acceptors (Lipinski definition) is 2. The highest BCUT2D eigenvalue weighted by atomic mass is 16.3. The van der Waals surface area contributed by atoms with Crippen molar-refractivity contribution in [3.8, 4) is 0 Å². The van der Waals surface area contributed by atoms with E-state index in [9.17, 15) is 5.11 Å². The first-order chi connectivity index (χ1) is 8.31. The van der Waals surface area contributed by atoms with Crippen molar-refractivity contribution in [2.75, 3.05) is 0 Å². The molecular weight excluding hydrogens is 210 g/mol. The van der Waals surface area contributed by atoms with Crippen LogP contribution in [0.5, 0.6) is 0 Å². The van der Waals surface area contributed by atoms with Crippen LogP contribution >= 0.6 is 0 Å². The van der Waals surface area contributed by atoms with Gasteiger partial charge in [-0.2, -0.15) is 0 Å². The Kier molecular flexibility index (Phi) is 4.57. The van der Waals surface area contributed by atoms with Crippen LogP contribution in [0.15, 0.2) is 24.3 Å². The van der Waals surface area contributed by atoms with Gasteiger partial charge >= 0.3 is 0 Å². The van der Waals surface area contributed by atoms with E-state index in [1.54, 1.807) is 0 Å². The Bertz CT molecular complexity index is 351. The monoisotopic (exact) mass is 233 g/mol. The molecule has 1 aromatic carbocycles. The van der Waals surface area contributed by atoms with E-state index in [-0.39, 0.29) is 12.1 Å². The molecule has 0 aliphatic heterocycles. The molecule has 1 fully saturated rings. The molecule has 2 nitrogen and oxygen atoms in total. The fourth-order valence-corrected chi connectivity index (χ4v) is 2.67. The fourth-order valence-electron chi connectivity index (χ4n) is 2.67. The molecule has 94 valence electrons. The topological polar surface area (TPSA) is 32.3 Å². The predicted molar refractivity (Wildman–Crippen MR) is 70.9 cm³/mol. The zero-order valence-corrected chi connectivity index (χ0v) is 10.7. The Balaban J connectivity index is 1.92. The van der Waals surface area contributed by atoms with Crippen molar-refractivity contribution in [3.63, 3.8) is 0 Å². The van der Waals surface area contributed by atoms with Crippen molar-refractivity contribution in [3.05, 3.63) is 35.4 Å². The largest absolute Gasteiger partial charge is 0.392 e. The van der Waals surface area contributed by atoms with Gasteiger partial charge in [0.05, 0.1) is 6.10 Å². The van der Waals surface area contributed by atoms with Crippen molar-refractivity contribution in [2.24, 2.45) is 0 Å². The summed E-state index contributed by atoms with van der Waals surface area (Å²) in [7, 11) is 0. The third kappa shape index (κ3) is 3.30. The van der Waals surface area contributed by atoms with Crippen LogP contribution in [0.1, 0.15) is 43.7 Å². The van der Waals surface area contributed by atoms with Gasteiger partial charge in [0.25, 0.3) is 0 Å². The molecular formula is C15H23NO. The number of aliphatic hydroxyl groups is 1. The number of aryl methyl sites for hydroxylation is 1. The van der Waals surface area contributed by atoms with Crippen molar-refractivity contribution in [2.45, 2.75) is 57.7 Å². The van der Waals surface area contributed by atoms with E-state index in [0.717, 1.165) is 25.8 Å². The Morgan fingerprint density at radius 2 is 1.88 bits per heavy atom. The van der Waals surface area contributed by atoms with Crippen LogP contribution in [0, 0.1) is 0 Å². The smallest absolute Gasteiger partial charge is 0.0693 e. The summed E-state index contributed by atoms with van der Waals surface area (Å²) in [6.07, 6.45) is 5.39. The van der Waals surface area contributed by atoms with Crippen LogP contribution in [-0.2, 0) is 13.0 Å². The molecule has 0 radical (unpaired) electrons. The third-order valence-electron chi connectivity index (χ3n) is 3.78. The minimum Gasteiger partial charge on any atom is -0.392 e. The van der Waals surface area contributed by atoms with E-state index < -0.39 is 0 Å². The molecule has 1 aromatic rings. The van der Waals surface area contributed by atoms with Gasteiger partial charge in [-0.1, -0.05) is 44.0 Å². The normalized spacial score (nSPS) is 24.8. The van der Waals surface area contributed by atoms with E-state index in [1.165, 1.54) is 24.0 Å². The molecule has 17 heavy (non-hydrogen) atoms. The second-order valence-electron chi connectivity index (χ2n) is 4.96. The molecule has 2 atom stereocenters. The van der Waals surface area contributed by atoms with Gasteiger partial charge in [-0.3, -0.25) is 0 Å². The highest BCUT2D eigenvalue weighted by Gasteiger charge is 2.22. The first-order valence-corrected chi connectivity index (χ1v) is 6.79.